The van der Waals surface area contributed by atoms with Crippen molar-refractivity contribution in [3.63, 3.8) is 0 Å². The van der Waals surface area contributed by atoms with Crippen molar-refractivity contribution < 1.29 is 4.74 Å². The zero-order chi connectivity index (χ0) is 9.26. The van der Waals surface area contributed by atoms with Crippen LogP contribution in [0, 0.1) is 0 Å². The molecule has 3 heteroatoms. The Morgan fingerprint density at radius 2 is 1.92 bits per heavy atom. The standard InChI is InChI=1S/C10H12ClNO/c11-8-3-1-7(2-4-8)9-5-13-6-10(9)12/h1-4,9-10H,5-6,12H2/t9-,10-/m0/s1. The van der Waals surface area contributed by atoms with Crippen LogP contribution in [0.3, 0.4) is 0 Å². The molecule has 0 saturated carbocycles. The zero-order valence-electron chi connectivity index (χ0n) is 7.24. The van der Waals surface area contributed by atoms with Crippen LogP contribution in [-0.4, -0.2) is 19.3 Å². The Kier molecular flexibility index (Phi) is 2.54. The predicted octanol–water partition coefficient (Wildman–Crippen LogP) is 1.78. The fourth-order valence-electron chi connectivity index (χ4n) is 1.62. The van der Waals surface area contributed by atoms with Gasteiger partial charge in [-0.1, -0.05) is 23.7 Å². The molecular formula is C10H12ClNO. The Labute approximate surface area is 82.6 Å². The van der Waals surface area contributed by atoms with Gasteiger partial charge in [0.25, 0.3) is 0 Å². The van der Waals surface area contributed by atoms with E-state index in [0.29, 0.717) is 12.5 Å². The lowest BCUT2D eigenvalue weighted by molar-refractivity contribution is 0.191. The molecule has 2 rings (SSSR count). The Balaban J connectivity index is 2.20. The van der Waals surface area contributed by atoms with Gasteiger partial charge >= 0.3 is 0 Å². The highest BCUT2D eigenvalue weighted by Crippen LogP contribution is 2.25. The normalized spacial score (nSPS) is 27.8. The maximum atomic E-state index is 5.89. The van der Waals surface area contributed by atoms with Crippen molar-refractivity contribution in [1.82, 2.24) is 0 Å². The summed E-state index contributed by atoms with van der Waals surface area (Å²) in [5.41, 5.74) is 7.11. The van der Waals surface area contributed by atoms with Gasteiger partial charge in [0.2, 0.25) is 0 Å². The molecular weight excluding hydrogens is 186 g/mol. The fourth-order valence-corrected chi connectivity index (χ4v) is 1.75. The minimum Gasteiger partial charge on any atom is -0.379 e. The summed E-state index contributed by atoms with van der Waals surface area (Å²) in [6.45, 7) is 1.39. The van der Waals surface area contributed by atoms with Crippen molar-refractivity contribution in [3.05, 3.63) is 34.9 Å². The van der Waals surface area contributed by atoms with E-state index in [-0.39, 0.29) is 6.04 Å². The number of ether oxygens (including phenoxy) is 1. The highest BCUT2D eigenvalue weighted by Gasteiger charge is 2.25. The summed E-state index contributed by atoms with van der Waals surface area (Å²) < 4.78 is 5.30. The highest BCUT2D eigenvalue weighted by molar-refractivity contribution is 6.30. The first-order chi connectivity index (χ1) is 6.27. The van der Waals surface area contributed by atoms with Gasteiger partial charge in [-0.3, -0.25) is 0 Å². The molecule has 70 valence electrons. The van der Waals surface area contributed by atoms with Gasteiger partial charge in [0.1, 0.15) is 0 Å². The van der Waals surface area contributed by atoms with E-state index < -0.39 is 0 Å². The number of nitrogens with two attached hydrogens (primary N) is 1. The summed E-state index contributed by atoms with van der Waals surface area (Å²) in [6.07, 6.45) is 0. The average molecular weight is 198 g/mol. The largest absolute Gasteiger partial charge is 0.379 e. The van der Waals surface area contributed by atoms with E-state index in [4.69, 9.17) is 22.1 Å². The zero-order valence-corrected chi connectivity index (χ0v) is 8.00. The summed E-state index contributed by atoms with van der Waals surface area (Å²) in [5.74, 6) is 0.331. The second-order valence-corrected chi connectivity index (χ2v) is 3.80. The van der Waals surface area contributed by atoms with Crippen LogP contribution < -0.4 is 5.73 Å². The number of hydrogen-bond donors (Lipinski definition) is 1. The van der Waals surface area contributed by atoms with E-state index in [0.717, 1.165) is 11.6 Å². The molecule has 1 fully saturated rings. The lowest BCUT2D eigenvalue weighted by Crippen LogP contribution is -2.26. The smallest absolute Gasteiger partial charge is 0.0624 e. The fraction of sp³-hybridized carbons (Fsp3) is 0.400. The van der Waals surface area contributed by atoms with E-state index in [1.807, 2.05) is 24.3 Å². The Morgan fingerprint density at radius 3 is 2.46 bits per heavy atom. The summed E-state index contributed by atoms with van der Waals surface area (Å²) >= 11 is 5.79. The van der Waals surface area contributed by atoms with Crippen LogP contribution in [0.1, 0.15) is 11.5 Å². The van der Waals surface area contributed by atoms with Gasteiger partial charge in [-0.15, -0.1) is 0 Å². The average Bonchev–Trinajstić information content (AvgIpc) is 2.53. The number of halogens is 1. The molecule has 1 aliphatic heterocycles. The third-order valence-corrected chi connectivity index (χ3v) is 2.67. The van der Waals surface area contributed by atoms with E-state index >= 15 is 0 Å². The molecule has 0 unspecified atom stereocenters. The minimum absolute atomic E-state index is 0.126. The van der Waals surface area contributed by atoms with Crippen LogP contribution in [0.15, 0.2) is 24.3 Å². The molecule has 1 aromatic carbocycles. The lowest BCUT2D eigenvalue weighted by atomic mass is 9.95. The Morgan fingerprint density at radius 1 is 1.23 bits per heavy atom. The molecule has 0 bridgehead atoms. The van der Waals surface area contributed by atoms with Crippen LogP contribution in [0.4, 0.5) is 0 Å². The summed E-state index contributed by atoms with van der Waals surface area (Å²) in [7, 11) is 0. The van der Waals surface area contributed by atoms with Crippen molar-refractivity contribution in [2.75, 3.05) is 13.2 Å². The second-order valence-electron chi connectivity index (χ2n) is 3.36. The monoisotopic (exact) mass is 197 g/mol. The van der Waals surface area contributed by atoms with Crippen LogP contribution in [0.25, 0.3) is 0 Å². The van der Waals surface area contributed by atoms with Gasteiger partial charge < -0.3 is 10.5 Å². The van der Waals surface area contributed by atoms with Gasteiger partial charge in [-0.25, -0.2) is 0 Å². The van der Waals surface area contributed by atoms with Crippen LogP contribution in [0.5, 0.6) is 0 Å². The third-order valence-electron chi connectivity index (χ3n) is 2.42. The lowest BCUT2D eigenvalue weighted by Gasteiger charge is -2.12. The van der Waals surface area contributed by atoms with Crippen molar-refractivity contribution in [3.8, 4) is 0 Å². The maximum Gasteiger partial charge on any atom is 0.0624 e. The SMILES string of the molecule is N[C@H]1COC[C@H]1c1ccc(Cl)cc1. The van der Waals surface area contributed by atoms with Crippen LogP contribution in [0.2, 0.25) is 5.02 Å². The number of rotatable bonds is 1. The van der Waals surface area contributed by atoms with Gasteiger partial charge in [0, 0.05) is 17.0 Å². The molecule has 0 spiro atoms. The van der Waals surface area contributed by atoms with Gasteiger partial charge in [0.15, 0.2) is 0 Å². The first-order valence-corrected chi connectivity index (χ1v) is 4.74. The first kappa shape index (κ1) is 9.00. The van der Waals surface area contributed by atoms with Crippen molar-refractivity contribution in [1.29, 1.82) is 0 Å². The molecule has 0 aliphatic carbocycles. The summed E-state index contributed by atoms with van der Waals surface area (Å²) in [5, 5.41) is 0.760. The van der Waals surface area contributed by atoms with E-state index in [1.165, 1.54) is 5.56 Å². The molecule has 1 saturated heterocycles. The van der Waals surface area contributed by atoms with Crippen LogP contribution >= 0.6 is 11.6 Å². The van der Waals surface area contributed by atoms with Crippen molar-refractivity contribution in [2.45, 2.75) is 12.0 Å². The second kappa shape index (κ2) is 3.66. The molecule has 0 aromatic heterocycles. The van der Waals surface area contributed by atoms with Crippen LogP contribution in [-0.2, 0) is 4.74 Å². The van der Waals surface area contributed by atoms with Gasteiger partial charge in [-0.05, 0) is 17.7 Å². The van der Waals surface area contributed by atoms with Gasteiger partial charge in [-0.2, -0.15) is 0 Å². The summed E-state index contributed by atoms with van der Waals surface area (Å²) in [4.78, 5) is 0. The van der Waals surface area contributed by atoms with E-state index in [1.54, 1.807) is 0 Å². The molecule has 2 nitrogen and oxygen atoms in total. The predicted molar refractivity (Wildman–Crippen MR) is 53.0 cm³/mol. The maximum absolute atomic E-state index is 5.89. The molecule has 1 aliphatic rings. The van der Waals surface area contributed by atoms with Crippen molar-refractivity contribution >= 4 is 11.6 Å². The van der Waals surface area contributed by atoms with E-state index in [2.05, 4.69) is 0 Å². The molecule has 2 N–H and O–H groups in total. The third kappa shape index (κ3) is 1.85. The first-order valence-electron chi connectivity index (χ1n) is 4.36. The molecule has 1 heterocycles. The quantitative estimate of drug-likeness (QED) is 0.745. The van der Waals surface area contributed by atoms with Crippen molar-refractivity contribution in [2.24, 2.45) is 5.73 Å². The topological polar surface area (TPSA) is 35.2 Å². The van der Waals surface area contributed by atoms with Gasteiger partial charge in [0.05, 0.1) is 13.2 Å². The minimum atomic E-state index is 0.126. The molecule has 0 radical (unpaired) electrons. The Hall–Kier alpha value is -0.570. The molecule has 1 aromatic rings. The number of hydrogen-bond acceptors (Lipinski definition) is 2. The molecule has 13 heavy (non-hydrogen) atoms. The summed E-state index contributed by atoms with van der Waals surface area (Å²) in [6, 6.07) is 7.94. The molecule has 0 amide bonds. The number of benzene rings is 1. The molecule has 2 atom stereocenters. The van der Waals surface area contributed by atoms with E-state index in [9.17, 15) is 0 Å². The highest BCUT2D eigenvalue weighted by atomic mass is 35.5. The Bertz CT molecular complexity index is 285.